The maximum absolute atomic E-state index is 11.9. The number of amides is 1. The second kappa shape index (κ2) is 9.51. The van der Waals surface area contributed by atoms with E-state index in [0.717, 1.165) is 12.8 Å². The van der Waals surface area contributed by atoms with Crippen LogP contribution in [0.4, 0.5) is 10.9 Å². The van der Waals surface area contributed by atoms with Crippen LogP contribution in [0.1, 0.15) is 22.5 Å². The van der Waals surface area contributed by atoms with Gasteiger partial charge in [0.05, 0.1) is 6.61 Å². The Balaban J connectivity index is 2.39. The number of anilines is 2. The van der Waals surface area contributed by atoms with Crippen molar-refractivity contribution in [3.63, 3.8) is 0 Å². The standard InChI is InChI=1S/C12H22N4O3S/c1-18-7-4-3-5-14-11(17)9-10(13)16-12(20-9)15-6-8-19-2/h3-8,13H2,1-2H3,(H,14,17)(H,15,16). The minimum atomic E-state index is -0.183. The summed E-state index contributed by atoms with van der Waals surface area (Å²) in [5.74, 6) is 0.0708. The summed E-state index contributed by atoms with van der Waals surface area (Å²) in [6.45, 7) is 2.50. The van der Waals surface area contributed by atoms with Gasteiger partial charge in [0.15, 0.2) is 5.13 Å². The van der Waals surface area contributed by atoms with Crippen LogP contribution < -0.4 is 16.4 Å². The molecule has 0 bridgehead atoms. The lowest BCUT2D eigenvalue weighted by atomic mass is 10.3. The van der Waals surface area contributed by atoms with E-state index in [2.05, 4.69) is 15.6 Å². The van der Waals surface area contributed by atoms with Crippen LogP contribution in [0.25, 0.3) is 0 Å². The number of aromatic nitrogens is 1. The van der Waals surface area contributed by atoms with Crippen LogP contribution in [0.3, 0.4) is 0 Å². The van der Waals surface area contributed by atoms with Gasteiger partial charge in [-0.25, -0.2) is 4.98 Å². The molecule has 0 aliphatic carbocycles. The molecule has 0 atom stereocenters. The highest BCUT2D eigenvalue weighted by Gasteiger charge is 2.15. The van der Waals surface area contributed by atoms with Crippen molar-refractivity contribution in [2.75, 3.05) is 51.6 Å². The molecular formula is C12H22N4O3S. The van der Waals surface area contributed by atoms with Crippen molar-refractivity contribution in [1.29, 1.82) is 0 Å². The van der Waals surface area contributed by atoms with Gasteiger partial charge in [-0.05, 0) is 12.8 Å². The van der Waals surface area contributed by atoms with E-state index in [1.165, 1.54) is 11.3 Å². The Labute approximate surface area is 122 Å². The Morgan fingerprint density at radius 1 is 1.25 bits per heavy atom. The number of carbonyl (C=O) groups excluding carboxylic acids is 1. The first kappa shape index (κ1) is 16.7. The van der Waals surface area contributed by atoms with E-state index in [1.54, 1.807) is 14.2 Å². The number of methoxy groups -OCH3 is 2. The molecule has 0 unspecified atom stereocenters. The van der Waals surface area contributed by atoms with Gasteiger partial charge in [-0.15, -0.1) is 0 Å². The Bertz CT molecular complexity index is 411. The zero-order chi connectivity index (χ0) is 14.8. The monoisotopic (exact) mass is 302 g/mol. The number of nitrogen functional groups attached to an aromatic ring is 1. The van der Waals surface area contributed by atoms with Crippen molar-refractivity contribution in [1.82, 2.24) is 10.3 Å². The Hall–Kier alpha value is -1.38. The van der Waals surface area contributed by atoms with Crippen molar-refractivity contribution < 1.29 is 14.3 Å². The quantitative estimate of drug-likeness (QED) is 0.556. The van der Waals surface area contributed by atoms with Crippen LogP contribution in [0.5, 0.6) is 0 Å². The van der Waals surface area contributed by atoms with Crippen LogP contribution in [-0.2, 0) is 9.47 Å². The third-order valence-electron chi connectivity index (χ3n) is 2.50. The summed E-state index contributed by atoms with van der Waals surface area (Å²) in [5, 5.41) is 6.50. The number of rotatable bonds is 10. The van der Waals surface area contributed by atoms with Gasteiger partial charge >= 0.3 is 0 Å². The lowest BCUT2D eigenvalue weighted by Crippen LogP contribution is -2.24. The molecule has 0 aliphatic rings. The molecule has 0 aromatic carbocycles. The van der Waals surface area contributed by atoms with E-state index in [9.17, 15) is 4.79 Å². The first-order valence-corrected chi connectivity index (χ1v) is 7.27. The number of carbonyl (C=O) groups is 1. The molecule has 1 aromatic heterocycles. The lowest BCUT2D eigenvalue weighted by Gasteiger charge is -2.03. The molecule has 0 fully saturated rings. The number of unbranched alkanes of at least 4 members (excludes halogenated alkanes) is 1. The summed E-state index contributed by atoms with van der Waals surface area (Å²) >= 11 is 1.25. The molecule has 1 rings (SSSR count). The zero-order valence-corrected chi connectivity index (χ0v) is 12.7. The number of hydrogen-bond acceptors (Lipinski definition) is 7. The average molecular weight is 302 g/mol. The molecular weight excluding hydrogens is 280 g/mol. The third kappa shape index (κ3) is 5.72. The molecule has 0 saturated carbocycles. The second-order valence-electron chi connectivity index (χ2n) is 4.11. The van der Waals surface area contributed by atoms with E-state index < -0.39 is 0 Å². The number of hydrogen-bond donors (Lipinski definition) is 3. The molecule has 114 valence electrons. The van der Waals surface area contributed by atoms with Crippen LogP contribution in [-0.4, -0.2) is 51.4 Å². The number of nitrogens with two attached hydrogens (primary N) is 1. The molecule has 8 heteroatoms. The van der Waals surface area contributed by atoms with Crippen molar-refractivity contribution in [2.24, 2.45) is 0 Å². The first-order chi connectivity index (χ1) is 9.69. The molecule has 0 aliphatic heterocycles. The highest BCUT2D eigenvalue weighted by molar-refractivity contribution is 7.18. The summed E-state index contributed by atoms with van der Waals surface area (Å²) in [6, 6.07) is 0. The van der Waals surface area contributed by atoms with Gasteiger partial charge in [0, 0.05) is 33.9 Å². The highest BCUT2D eigenvalue weighted by atomic mass is 32.1. The normalized spacial score (nSPS) is 10.5. The fraction of sp³-hybridized carbons (Fsp3) is 0.667. The van der Waals surface area contributed by atoms with Gasteiger partial charge < -0.3 is 25.8 Å². The van der Waals surface area contributed by atoms with Gasteiger partial charge in [0.1, 0.15) is 10.7 Å². The van der Waals surface area contributed by atoms with Gasteiger partial charge in [0.25, 0.3) is 5.91 Å². The molecule has 1 heterocycles. The first-order valence-electron chi connectivity index (χ1n) is 6.45. The summed E-state index contributed by atoms with van der Waals surface area (Å²) in [5.41, 5.74) is 5.75. The highest BCUT2D eigenvalue weighted by Crippen LogP contribution is 2.24. The zero-order valence-electron chi connectivity index (χ0n) is 11.9. The van der Waals surface area contributed by atoms with Crippen molar-refractivity contribution in [3.8, 4) is 0 Å². The number of ether oxygens (including phenoxy) is 2. The maximum Gasteiger partial charge on any atom is 0.265 e. The Morgan fingerprint density at radius 3 is 2.70 bits per heavy atom. The maximum atomic E-state index is 11.9. The Morgan fingerprint density at radius 2 is 2.00 bits per heavy atom. The summed E-state index contributed by atoms with van der Waals surface area (Å²) in [4.78, 5) is 16.5. The van der Waals surface area contributed by atoms with Gasteiger partial charge in [-0.1, -0.05) is 11.3 Å². The summed E-state index contributed by atoms with van der Waals surface area (Å²) in [7, 11) is 3.29. The smallest absolute Gasteiger partial charge is 0.265 e. The number of thiazole rings is 1. The molecule has 20 heavy (non-hydrogen) atoms. The van der Waals surface area contributed by atoms with Crippen molar-refractivity contribution in [2.45, 2.75) is 12.8 Å². The van der Waals surface area contributed by atoms with E-state index in [0.29, 0.717) is 36.3 Å². The van der Waals surface area contributed by atoms with Crippen molar-refractivity contribution in [3.05, 3.63) is 4.88 Å². The van der Waals surface area contributed by atoms with E-state index in [4.69, 9.17) is 15.2 Å². The second-order valence-corrected chi connectivity index (χ2v) is 5.11. The van der Waals surface area contributed by atoms with Gasteiger partial charge in [-0.2, -0.15) is 0 Å². The predicted octanol–water partition coefficient (Wildman–Crippen LogP) is 0.940. The van der Waals surface area contributed by atoms with E-state index >= 15 is 0 Å². The summed E-state index contributed by atoms with van der Waals surface area (Å²) < 4.78 is 9.87. The molecule has 0 spiro atoms. The number of nitrogens with one attached hydrogen (secondary N) is 2. The van der Waals surface area contributed by atoms with Crippen LogP contribution in [0.15, 0.2) is 0 Å². The largest absolute Gasteiger partial charge is 0.385 e. The minimum absolute atomic E-state index is 0.183. The van der Waals surface area contributed by atoms with Gasteiger partial charge in [0.2, 0.25) is 0 Å². The van der Waals surface area contributed by atoms with Crippen LogP contribution in [0, 0.1) is 0 Å². The minimum Gasteiger partial charge on any atom is -0.385 e. The molecule has 4 N–H and O–H groups in total. The fourth-order valence-electron chi connectivity index (χ4n) is 1.48. The Kier molecular flexibility index (Phi) is 7.93. The van der Waals surface area contributed by atoms with Crippen LogP contribution in [0.2, 0.25) is 0 Å². The van der Waals surface area contributed by atoms with Crippen molar-refractivity contribution >= 4 is 28.2 Å². The lowest BCUT2D eigenvalue weighted by molar-refractivity contribution is 0.0956. The van der Waals surface area contributed by atoms with Gasteiger partial charge in [-0.3, -0.25) is 4.79 Å². The van der Waals surface area contributed by atoms with E-state index in [1.807, 2.05) is 0 Å². The molecule has 1 aromatic rings. The SMILES string of the molecule is COCCCCNC(=O)c1sc(NCCOC)nc1N. The number of nitrogens with zero attached hydrogens (tertiary/aromatic N) is 1. The van der Waals surface area contributed by atoms with E-state index in [-0.39, 0.29) is 11.7 Å². The molecule has 0 radical (unpaired) electrons. The van der Waals surface area contributed by atoms with Crippen LogP contribution >= 0.6 is 11.3 Å². The topological polar surface area (TPSA) is 98.5 Å². The molecule has 0 saturated heterocycles. The third-order valence-corrected chi connectivity index (χ3v) is 3.53. The molecule has 1 amide bonds. The molecule has 7 nitrogen and oxygen atoms in total. The fourth-order valence-corrected chi connectivity index (χ4v) is 2.31. The average Bonchev–Trinajstić information content (AvgIpc) is 2.80. The summed E-state index contributed by atoms with van der Waals surface area (Å²) in [6.07, 6.45) is 1.79. The predicted molar refractivity (Wildman–Crippen MR) is 80.3 cm³/mol.